The first-order valence-corrected chi connectivity index (χ1v) is 7.75. The Morgan fingerprint density at radius 2 is 1.96 bits per heavy atom. The molecular weight excluding hydrogens is 298 g/mol. The van der Waals surface area contributed by atoms with Crippen LogP contribution in [0.15, 0.2) is 30.5 Å². The lowest BCUT2D eigenvalue weighted by Gasteiger charge is -2.09. The number of halogens is 2. The van der Waals surface area contributed by atoms with Crippen molar-refractivity contribution in [2.24, 2.45) is 0 Å². The van der Waals surface area contributed by atoms with E-state index in [9.17, 15) is 8.78 Å². The van der Waals surface area contributed by atoms with Gasteiger partial charge in [-0.3, -0.25) is 0 Å². The van der Waals surface area contributed by atoms with E-state index in [0.717, 1.165) is 23.9 Å². The zero-order chi connectivity index (χ0) is 16.0. The average molecular weight is 314 g/mol. The van der Waals surface area contributed by atoms with Crippen LogP contribution in [0.4, 0.5) is 14.7 Å². The molecule has 2 heterocycles. The molecule has 0 bridgehead atoms. The Labute approximate surface area is 132 Å². The Morgan fingerprint density at radius 1 is 1.22 bits per heavy atom. The molecular formula is C17H16F2N4. The van der Waals surface area contributed by atoms with Crippen LogP contribution in [0.5, 0.6) is 0 Å². The van der Waals surface area contributed by atoms with Crippen LogP contribution in [0.25, 0.3) is 16.8 Å². The van der Waals surface area contributed by atoms with Gasteiger partial charge in [-0.25, -0.2) is 13.8 Å². The van der Waals surface area contributed by atoms with Crippen molar-refractivity contribution in [3.63, 3.8) is 0 Å². The molecule has 6 heteroatoms. The molecule has 0 aliphatic heterocycles. The van der Waals surface area contributed by atoms with Gasteiger partial charge in [0.05, 0.1) is 23.0 Å². The second-order valence-electron chi connectivity index (χ2n) is 5.80. The number of nitrogens with one attached hydrogen (secondary N) is 1. The van der Waals surface area contributed by atoms with Crippen molar-refractivity contribution in [3.8, 4) is 11.3 Å². The van der Waals surface area contributed by atoms with Gasteiger partial charge in [0, 0.05) is 6.54 Å². The van der Waals surface area contributed by atoms with Crippen LogP contribution in [-0.2, 0) is 0 Å². The fourth-order valence-corrected chi connectivity index (χ4v) is 2.78. The number of hydrogen-bond donors (Lipinski definition) is 1. The molecule has 1 aliphatic rings. The summed E-state index contributed by atoms with van der Waals surface area (Å²) in [5, 5.41) is 7.42. The Bertz CT molecular complexity index is 860. The van der Waals surface area contributed by atoms with Crippen molar-refractivity contribution in [1.82, 2.24) is 14.6 Å². The lowest BCUT2D eigenvalue weighted by atomic mass is 10.0. The van der Waals surface area contributed by atoms with Crippen LogP contribution >= 0.6 is 0 Å². The highest BCUT2D eigenvalue weighted by Gasteiger charge is 2.26. The van der Waals surface area contributed by atoms with Crippen LogP contribution in [0, 0.1) is 11.6 Å². The van der Waals surface area contributed by atoms with Crippen LogP contribution in [-0.4, -0.2) is 21.1 Å². The summed E-state index contributed by atoms with van der Waals surface area (Å²) in [5.41, 5.74) is 1.67. The van der Waals surface area contributed by atoms with Gasteiger partial charge in [0.25, 0.3) is 0 Å². The minimum atomic E-state index is -0.566. The summed E-state index contributed by atoms with van der Waals surface area (Å²) in [6.07, 6.45) is 3.67. The maximum absolute atomic E-state index is 14.4. The van der Waals surface area contributed by atoms with Gasteiger partial charge in [-0.1, -0.05) is 0 Å². The molecule has 1 N–H and O–H groups in total. The van der Waals surface area contributed by atoms with E-state index < -0.39 is 11.6 Å². The van der Waals surface area contributed by atoms with E-state index in [1.807, 2.05) is 6.92 Å². The van der Waals surface area contributed by atoms with Gasteiger partial charge in [-0.2, -0.15) is 9.61 Å². The number of rotatable bonds is 4. The number of benzene rings is 1. The van der Waals surface area contributed by atoms with E-state index in [1.165, 1.54) is 12.1 Å². The average Bonchev–Trinajstić information content (AvgIpc) is 3.30. The summed E-state index contributed by atoms with van der Waals surface area (Å²) in [5.74, 6) is -0.273. The minimum absolute atomic E-state index is 0.0903. The van der Waals surface area contributed by atoms with Crippen molar-refractivity contribution in [3.05, 3.63) is 47.7 Å². The summed E-state index contributed by atoms with van der Waals surface area (Å²) in [7, 11) is 0. The molecule has 1 fully saturated rings. The molecule has 118 valence electrons. The van der Waals surface area contributed by atoms with E-state index in [-0.39, 0.29) is 11.3 Å². The zero-order valence-corrected chi connectivity index (χ0v) is 12.7. The van der Waals surface area contributed by atoms with Crippen LogP contribution < -0.4 is 5.32 Å². The predicted octanol–water partition coefficient (Wildman–Crippen LogP) is 3.98. The van der Waals surface area contributed by atoms with Gasteiger partial charge in [-0.15, -0.1) is 0 Å². The number of imidazole rings is 1. The van der Waals surface area contributed by atoms with Gasteiger partial charge in [-0.05, 0) is 55.5 Å². The third-order valence-corrected chi connectivity index (χ3v) is 4.09. The van der Waals surface area contributed by atoms with Gasteiger partial charge < -0.3 is 5.32 Å². The molecule has 3 aromatic rings. The zero-order valence-electron chi connectivity index (χ0n) is 12.7. The van der Waals surface area contributed by atoms with E-state index in [2.05, 4.69) is 15.4 Å². The third-order valence-electron chi connectivity index (χ3n) is 4.09. The lowest BCUT2D eigenvalue weighted by molar-refractivity contribution is 0.584. The van der Waals surface area contributed by atoms with Gasteiger partial charge in [0.15, 0.2) is 0 Å². The first-order chi connectivity index (χ1) is 11.2. The number of nitrogens with zero attached hydrogens (tertiary/aromatic N) is 3. The normalized spacial score (nSPS) is 14.4. The third kappa shape index (κ3) is 2.44. The molecule has 4 nitrogen and oxygen atoms in total. The number of fused-ring (bicyclic) bond motifs is 1. The summed E-state index contributed by atoms with van der Waals surface area (Å²) in [6.45, 7) is 2.63. The summed E-state index contributed by atoms with van der Waals surface area (Å²) >= 11 is 0. The number of aromatic nitrogens is 3. The van der Waals surface area contributed by atoms with Gasteiger partial charge in [0.1, 0.15) is 11.6 Å². The molecule has 23 heavy (non-hydrogen) atoms. The van der Waals surface area contributed by atoms with Crippen molar-refractivity contribution < 1.29 is 8.78 Å². The van der Waals surface area contributed by atoms with Gasteiger partial charge >= 0.3 is 0 Å². The largest absolute Gasteiger partial charge is 0.354 e. The minimum Gasteiger partial charge on any atom is -0.354 e. The highest BCUT2D eigenvalue weighted by Crippen LogP contribution is 2.41. The van der Waals surface area contributed by atoms with Crippen molar-refractivity contribution in [2.75, 3.05) is 11.9 Å². The molecule has 1 saturated carbocycles. The Balaban J connectivity index is 1.83. The first kappa shape index (κ1) is 14.1. The maximum Gasteiger partial charge on any atom is 0.224 e. The number of anilines is 1. The predicted molar refractivity (Wildman–Crippen MR) is 84.5 cm³/mol. The first-order valence-electron chi connectivity index (χ1n) is 7.75. The van der Waals surface area contributed by atoms with Crippen molar-refractivity contribution in [1.29, 1.82) is 0 Å². The van der Waals surface area contributed by atoms with Gasteiger partial charge in [0.2, 0.25) is 5.95 Å². The molecule has 0 amide bonds. The fourth-order valence-electron chi connectivity index (χ4n) is 2.78. The maximum atomic E-state index is 14.4. The lowest BCUT2D eigenvalue weighted by Crippen LogP contribution is -2.05. The molecule has 0 radical (unpaired) electrons. The molecule has 0 spiro atoms. The van der Waals surface area contributed by atoms with Crippen LogP contribution in [0.1, 0.15) is 31.2 Å². The topological polar surface area (TPSA) is 42.2 Å². The Hall–Kier alpha value is -2.50. The Kier molecular flexibility index (Phi) is 3.25. The molecule has 4 rings (SSSR count). The van der Waals surface area contributed by atoms with E-state index in [4.69, 9.17) is 0 Å². The van der Waals surface area contributed by atoms with E-state index in [0.29, 0.717) is 18.4 Å². The monoisotopic (exact) mass is 314 g/mol. The molecule has 1 aromatic carbocycles. The van der Waals surface area contributed by atoms with Crippen molar-refractivity contribution >= 4 is 11.5 Å². The molecule has 0 unspecified atom stereocenters. The second-order valence-corrected chi connectivity index (χ2v) is 5.80. The van der Waals surface area contributed by atoms with Crippen LogP contribution in [0.3, 0.4) is 0 Å². The smallest absolute Gasteiger partial charge is 0.224 e. The number of hydrogen-bond acceptors (Lipinski definition) is 3. The standard InChI is InChI=1S/C17H16F2N4/c1-2-20-17-21-9-12-5-6-15(22-23(12)17)16-13(18)7-11(8-14(16)19)10-3-4-10/h5-10H,2-4H2,1H3,(H,20,21). The molecule has 2 aromatic heterocycles. The van der Waals surface area contributed by atoms with Crippen molar-refractivity contribution in [2.45, 2.75) is 25.7 Å². The van der Waals surface area contributed by atoms with E-state index >= 15 is 0 Å². The second kappa shape index (κ2) is 5.30. The summed E-state index contributed by atoms with van der Waals surface area (Å²) < 4.78 is 30.4. The highest BCUT2D eigenvalue weighted by molar-refractivity contribution is 5.64. The van der Waals surface area contributed by atoms with E-state index in [1.54, 1.807) is 22.8 Å². The summed E-state index contributed by atoms with van der Waals surface area (Å²) in [6, 6.07) is 6.23. The quantitative estimate of drug-likeness (QED) is 0.792. The van der Waals surface area contributed by atoms with Crippen LogP contribution in [0.2, 0.25) is 0 Å². The summed E-state index contributed by atoms with van der Waals surface area (Å²) in [4.78, 5) is 4.21. The molecule has 0 saturated heterocycles. The fraction of sp³-hybridized carbons (Fsp3) is 0.294. The highest BCUT2D eigenvalue weighted by atomic mass is 19.1. The Morgan fingerprint density at radius 3 is 2.61 bits per heavy atom. The molecule has 0 atom stereocenters. The molecule has 1 aliphatic carbocycles. The SMILES string of the molecule is CCNc1ncc2ccc(-c3c(F)cc(C4CC4)cc3F)nn12.